The van der Waals surface area contributed by atoms with Crippen molar-refractivity contribution in [2.24, 2.45) is 0 Å². The third kappa shape index (κ3) is 3.27. The maximum absolute atomic E-state index is 13.2. The van der Waals surface area contributed by atoms with Gasteiger partial charge in [-0.2, -0.15) is 0 Å². The van der Waals surface area contributed by atoms with E-state index in [9.17, 15) is 4.79 Å². The molecule has 2 aliphatic rings. The summed E-state index contributed by atoms with van der Waals surface area (Å²) in [4.78, 5) is 15.1. The van der Waals surface area contributed by atoms with Crippen LogP contribution in [0, 0.1) is 0 Å². The number of hydrogen-bond donors (Lipinski definition) is 0. The molecule has 1 amide bonds. The van der Waals surface area contributed by atoms with Crippen LogP contribution in [0.25, 0.3) is 0 Å². The predicted octanol–water partition coefficient (Wildman–Crippen LogP) is 3.21. The third-order valence-corrected chi connectivity index (χ3v) is 5.12. The van der Waals surface area contributed by atoms with E-state index in [4.69, 9.17) is 18.9 Å². The van der Waals surface area contributed by atoms with Gasteiger partial charge in [-0.3, -0.25) is 4.79 Å². The molecule has 1 fully saturated rings. The molecule has 2 aromatic rings. The van der Waals surface area contributed by atoms with E-state index in [0.717, 1.165) is 29.9 Å². The Kier molecular flexibility index (Phi) is 4.79. The zero-order valence-electron chi connectivity index (χ0n) is 15.5. The van der Waals surface area contributed by atoms with Crippen LogP contribution in [0.15, 0.2) is 42.5 Å². The van der Waals surface area contributed by atoms with Gasteiger partial charge in [0.15, 0.2) is 11.5 Å². The molecular formula is C21H23NO5. The van der Waals surface area contributed by atoms with Gasteiger partial charge in [0.25, 0.3) is 5.91 Å². The number of amides is 1. The lowest BCUT2D eigenvalue weighted by molar-refractivity contribution is -0.142. The minimum Gasteiger partial charge on any atom is -0.497 e. The predicted molar refractivity (Wildman–Crippen MR) is 99.6 cm³/mol. The Balaban J connectivity index is 1.56. The van der Waals surface area contributed by atoms with E-state index < -0.39 is 6.10 Å². The summed E-state index contributed by atoms with van der Waals surface area (Å²) in [5.41, 5.74) is 0.987. The first-order valence-electron chi connectivity index (χ1n) is 9.12. The van der Waals surface area contributed by atoms with Crippen LogP contribution in [0.1, 0.15) is 24.4 Å². The number of ether oxygens (including phenoxy) is 4. The van der Waals surface area contributed by atoms with E-state index >= 15 is 0 Å². The summed E-state index contributed by atoms with van der Waals surface area (Å²) < 4.78 is 22.5. The van der Waals surface area contributed by atoms with Gasteiger partial charge in [-0.1, -0.05) is 12.1 Å². The Morgan fingerprint density at radius 3 is 2.70 bits per heavy atom. The molecule has 27 heavy (non-hydrogen) atoms. The highest BCUT2D eigenvalue weighted by Gasteiger charge is 2.38. The van der Waals surface area contributed by atoms with Gasteiger partial charge in [0.05, 0.1) is 20.3 Å². The lowest BCUT2D eigenvalue weighted by Gasteiger charge is -2.32. The van der Waals surface area contributed by atoms with Crippen molar-refractivity contribution in [3.8, 4) is 23.0 Å². The molecule has 1 saturated heterocycles. The van der Waals surface area contributed by atoms with Gasteiger partial charge >= 0.3 is 0 Å². The Hall–Kier alpha value is -2.89. The SMILES string of the molecule is COc1ccc([C@H]2CCCN2C(=O)[C@H]2COc3ccccc3O2)c(OC)c1. The molecule has 6 heteroatoms. The third-order valence-electron chi connectivity index (χ3n) is 5.12. The van der Waals surface area contributed by atoms with Crippen molar-refractivity contribution in [2.75, 3.05) is 27.4 Å². The summed E-state index contributed by atoms with van der Waals surface area (Å²) in [6.45, 7) is 0.916. The number of carbonyl (C=O) groups excluding carboxylic acids is 1. The highest BCUT2D eigenvalue weighted by molar-refractivity contribution is 5.82. The fourth-order valence-electron chi connectivity index (χ4n) is 3.77. The van der Waals surface area contributed by atoms with Gasteiger partial charge in [-0.25, -0.2) is 0 Å². The number of hydrogen-bond acceptors (Lipinski definition) is 5. The fraction of sp³-hybridized carbons (Fsp3) is 0.381. The average Bonchev–Trinajstić information content (AvgIpc) is 3.21. The van der Waals surface area contributed by atoms with Crippen LogP contribution < -0.4 is 18.9 Å². The summed E-state index contributed by atoms with van der Waals surface area (Å²) in [7, 11) is 3.26. The standard InChI is InChI=1S/C21H23NO5/c1-24-14-9-10-15(19(12-14)25-2)16-6-5-11-22(16)21(23)20-13-26-17-7-3-4-8-18(17)27-20/h3-4,7-10,12,16,20H,5-6,11,13H2,1-2H3/t16-,20-/m1/s1. The first-order chi connectivity index (χ1) is 13.2. The first-order valence-corrected chi connectivity index (χ1v) is 9.12. The maximum atomic E-state index is 13.2. The molecule has 142 valence electrons. The van der Waals surface area contributed by atoms with E-state index in [2.05, 4.69) is 0 Å². The summed E-state index contributed by atoms with van der Waals surface area (Å²) in [6, 6.07) is 13.1. The molecule has 0 spiro atoms. The molecule has 2 aliphatic heterocycles. The van der Waals surface area contributed by atoms with Crippen molar-refractivity contribution in [1.29, 1.82) is 0 Å². The molecule has 0 aromatic heterocycles. The van der Waals surface area contributed by atoms with Crippen molar-refractivity contribution >= 4 is 5.91 Å². The highest BCUT2D eigenvalue weighted by atomic mass is 16.6. The van der Waals surface area contributed by atoms with Crippen LogP contribution >= 0.6 is 0 Å². The smallest absolute Gasteiger partial charge is 0.267 e. The normalized spacial score (nSPS) is 21.0. The number of methoxy groups -OCH3 is 2. The van der Waals surface area contributed by atoms with Gasteiger partial charge in [-0.05, 0) is 37.1 Å². The van der Waals surface area contributed by atoms with Crippen LogP contribution in [0.4, 0.5) is 0 Å². The number of fused-ring (bicyclic) bond motifs is 1. The number of likely N-dealkylation sites (tertiary alicyclic amines) is 1. The molecule has 0 bridgehead atoms. The van der Waals surface area contributed by atoms with Crippen molar-refractivity contribution in [3.63, 3.8) is 0 Å². The molecule has 0 N–H and O–H groups in total. The van der Waals surface area contributed by atoms with E-state index in [1.54, 1.807) is 14.2 Å². The molecular weight excluding hydrogens is 346 g/mol. The minimum absolute atomic E-state index is 0.0425. The van der Waals surface area contributed by atoms with Crippen LogP contribution in [-0.4, -0.2) is 44.3 Å². The number of para-hydroxylation sites is 2. The fourth-order valence-corrected chi connectivity index (χ4v) is 3.77. The van der Waals surface area contributed by atoms with Crippen molar-refractivity contribution < 1.29 is 23.7 Å². The molecule has 6 nitrogen and oxygen atoms in total. The first kappa shape index (κ1) is 17.5. The quantitative estimate of drug-likeness (QED) is 0.828. The second kappa shape index (κ2) is 7.39. The summed E-state index contributed by atoms with van der Waals surface area (Å²) in [5.74, 6) is 2.69. The monoisotopic (exact) mass is 369 g/mol. The van der Waals surface area contributed by atoms with Crippen molar-refractivity contribution in [1.82, 2.24) is 4.90 Å². The van der Waals surface area contributed by atoms with E-state index in [1.807, 2.05) is 47.4 Å². The van der Waals surface area contributed by atoms with Crippen molar-refractivity contribution in [2.45, 2.75) is 25.0 Å². The van der Waals surface area contributed by atoms with Crippen LogP contribution in [0.2, 0.25) is 0 Å². The Morgan fingerprint density at radius 2 is 1.93 bits per heavy atom. The number of carbonyl (C=O) groups is 1. The number of rotatable bonds is 4. The largest absolute Gasteiger partial charge is 0.497 e. The number of nitrogens with zero attached hydrogens (tertiary/aromatic N) is 1. The topological polar surface area (TPSA) is 57.2 Å². The molecule has 0 aliphatic carbocycles. The van der Waals surface area contributed by atoms with Crippen LogP contribution in [0.3, 0.4) is 0 Å². The van der Waals surface area contributed by atoms with Gasteiger partial charge in [0.2, 0.25) is 6.10 Å². The Morgan fingerprint density at radius 1 is 1.11 bits per heavy atom. The highest BCUT2D eigenvalue weighted by Crippen LogP contribution is 2.40. The molecule has 0 saturated carbocycles. The molecule has 0 unspecified atom stereocenters. The maximum Gasteiger partial charge on any atom is 0.267 e. The molecule has 4 rings (SSSR count). The van der Waals surface area contributed by atoms with Crippen LogP contribution in [-0.2, 0) is 4.79 Å². The Bertz CT molecular complexity index is 837. The second-order valence-electron chi connectivity index (χ2n) is 6.66. The van der Waals surface area contributed by atoms with Gasteiger partial charge in [0, 0.05) is 18.2 Å². The molecule has 2 aromatic carbocycles. The average molecular weight is 369 g/mol. The number of benzene rings is 2. The molecule has 2 atom stereocenters. The van der Waals surface area contributed by atoms with Gasteiger partial charge < -0.3 is 23.8 Å². The lowest BCUT2D eigenvalue weighted by atomic mass is 10.0. The van der Waals surface area contributed by atoms with E-state index in [1.165, 1.54) is 0 Å². The van der Waals surface area contributed by atoms with Gasteiger partial charge in [-0.15, -0.1) is 0 Å². The van der Waals surface area contributed by atoms with E-state index in [0.29, 0.717) is 18.0 Å². The van der Waals surface area contributed by atoms with Crippen LogP contribution in [0.5, 0.6) is 23.0 Å². The minimum atomic E-state index is -0.634. The van der Waals surface area contributed by atoms with Crippen molar-refractivity contribution in [3.05, 3.63) is 48.0 Å². The zero-order valence-corrected chi connectivity index (χ0v) is 15.5. The van der Waals surface area contributed by atoms with Gasteiger partial charge in [0.1, 0.15) is 18.1 Å². The summed E-state index contributed by atoms with van der Waals surface area (Å²) in [5, 5.41) is 0. The summed E-state index contributed by atoms with van der Waals surface area (Å²) in [6.07, 6.45) is 1.19. The molecule has 0 radical (unpaired) electrons. The van der Waals surface area contributed by atoms with E-state index in [-0.39, 0.29) is 18.6 Å². The Labute approximate surface area is 158 Å². The lowest BCUT2D eigenvalue weighted by Crippen LogP contribution is -2.46. The second-order valence-corrected chi connectivity index (χ2v) is 6.66. The zero-order chi connectivity index (χ0) is 18.8. The molecule has 2 heterocycles. The summed E-state index contributed by atoms with van der Waals surface area (Å²) >= 11 is 0.